The minimum Gasteiger partial charge on any atom is -0.357 e. The summed E-state index contributed by atoms with van der Waals surface area (Å²) in [5, 5.41) is 5.79. The Kier molecular flexibility index (Phi) is 4.74. The van der Waals surface area contributed by atoms with Gasteiger partial charge in [0.1, 0.15) is 11.7 Å². The standard InChI is InChI=1S/C14H21N5O2/c1-15-13(20)11-8-10(4-5-17-11)19-7-6-16-9-12(19)14(21)18(2)3/h4-5,8,12,16H,6-7,9H2,1-3H3,(H,15,20). The van der Waals surface area contributed by atoms with Crippen LogP contribution in [0, 0.1) is 0 Å². The molecule has 0 bridgehead atoms. The molecule has 0 radical (unpaired) electrons. The number of rotatable bonds is 3. The maximum absolute atomic E-state index is 12.3. The van der Waals surface area contributed by atoms with Gasteiger partial charge in [0.05, 0.1) is 0 Å². The fraction of sp³-hybridized carbons (Fsp3) is 0.500. The van der Waals surface area contributed by atoms with Gasteiger partial charge in [0, 0.05) is 52.7 Å². The van der Waals surface area contributed by atoms with Gasteiger partial charge in [-0.3, -0.25) is 14.6 Å². The predicted octanol–water partition coefficient (Wildman–Crippen LogP) is -0.692. The molecule has 2 amide bonds. The number of likely N-dealkylation sites (N-methyl/N-ethyl adjacent to an activating group) is 1. The normalized spacial score (nSPS) is 18.2. The van der Waals surface area contributed by atoms with Crippen molar-refractivity contribution in [3.8, 4) is 0 Å². The molecule has 0 aromatic carbocycles. The summed E-state index contributed by atoms with van der Waals surface area (Å²) in [5.74, 6) is -0.192. The maximum Gasteiger partial charge on any atom is 0.269 e. The minimum atomic E-state index is -0.270. The van der Waals surface area contributed by atoms with Gasteiger partial charge >= 0.3 is 0 Å². The molecule has 1 aliphatic rings. The number of nitrogens with zero attached hydrogens (tertiary/aromatic N) is 3. The smallest absolute Gasteiger partial charge is 0.269 e. The molecule has 21 heavy (non-hydrogen) atoms. The van der Waals surface area contributed by atoms with E-state index < -0.39 is 0 Å². The number of nitrogens with one attached hydrogen (secondary N) is 2. The number of anilines is 1. The molecule has 1 atom stereocenters. The summed E-state index contributed by atoms with van der Waals surface area (Å²) < 4.78 is 0. The largest absolute Gasteiger partial charge is 0.357 e. The van der Waals surface area contributed by atoms with Crippen LogP contribution in [-0.2, 0) is 4.79 Å². The highest BCUT2D eigenvalue weighted by Crippen LogP contribution is 2.19. The summed E-state index contributed by atoms with van der Waals surface area (Å²) in [5.41, 5.74) is 1.19. The predicted molar refractivity (Wildman–Crippen MR) is 80.3 cm³/mol. The zero-order chi connectivity index (χ0) is 15.4. The van der Waals surface area contributed by atoms with E-state index >= 15 is 0 Å². The van der Waals surface area contributed by atoms with E-state index in [-0.39, 0.29) is 17.9 Å². The Morgan fingerprint density at radius 1 is 1.48 bits per heavy atom. The Balaban J connectivity index is 2.29. The zero-order valence-corrected chi connectivity index (χ0v) is 12.6. The summed E-state index contributed by atoms with van der Waals surface area (Å²) in [6.45, 7) is 2.10. The number of pyridine rings is 1. The average molecular weight is 291 g/mol. The van der Waals surface area contributed by atoms with Crippen LogP contribution >= 0.6 is 0 Å². The summed E-state index contributed by atoms with van der Waals surface area (Å²) in [6, 6.07) is 3.28. The van der Waals surface area contributed by atoms with Crippen molar-refractivity contribution in [3.05, 3.63) is 24.0 Å². The number of piperazine rings is 1. The molecule has 1 saturated heterocycles. The molecular weight excluding hydrogens is 270 g/mol. The topological polar surface area (TPSA) is 77.6 Å². The third-order valence-corrected chi connectivity index (χ3v) is 3.50. The molecule has 0 spiro atoms. The molecule has 7 heteroatoms. The van der Waals surface area contributed by atoms with Gasteiger partial charge < -0.3 is 20.4 Å². The first-order chi connectivity index (χ1) is 10.0. The Morgan fingerprint density at radius 3 is 2.90 bits per heavy atom. The van der Waals surface area contributed by atoms with Gasteiger partial charge in [-0.25, -0.2) is 0 Å². The van der Waals surface area contributed by atoms with Crippen LogP contribution in [0.4, 0.5) is 5.69 Å². The highest BCUT2D eigenvalue weighted by Gasteiger charge is 2.30. The summed E-state index contributed by atoms with van der Waals surface area (Å²) in [4.78, 5) is 31.7. The monoisotopic (exact) mass is 291 g/mol. The van der Waals surface area contributed by atoms with E-state index in [9.17, 15) is 9.59 Å². The molecule has 1 aliphatic heterocycles. The van der Waals surface area contributed by atoms with Crippen molar-refractivity contribution in [1.82, 2.24) is 20.5 Å². The maximum atomic E-state index is 12.3. The van der Waals surface area contributed by atoms with Crippen LogP contribution < -0.4 is 15.5 Å². The van der Waals surface area contributed by atoms with Crippen LogP contribution in [-0.4, -0.2) is 68.5 Å². The van der Waals surface area contributed by atoms with Crippen LogP contribution in [0.3, 0.4) is 0 Å². The van der Waals surface area contributed by atoms with Crippen LogP contribution in [0.15, 0.2) is 18.3 Å². The first-order valence-corrected chi connectivity index (χ1v) is 6.91. The first-order valence-electron chi connectivity index (χ1n) is 6.91. The lowest BCUT2D eigenvalue weighted by atomic mass is 10.1. The number of carbonyl (C=O) groups excluding carboxylic acids is 2. The molecule has 2 rings (SSSR count). The third kappa shape index (κ3) is 3.30. The van der Waals surface area contributed by atoms with E-state index in [0.717, 1.165) is 12.2 Å². The van der Waals surface area contributed by atoms with Gasteiger partial charge in [-0.05, 0) is 12.1 Å². The van der Waals surface area contributed by atoms with E-state index in [4.69, 9.17) is 0 Å². The van der Waals surface area contributed by atoms with Crippen molar-refractivity contribution in [3.63, 3.8) is 0 Å². The lowest BCUT2D eigenvalue weighted by molar-refractivity contribution is -0.130. The molecule has 1 fully saturated rings. The fourth-order valence-electron chi connectivity index (χ4n) is 2.38. The van der Waals surface area contributed by atoms with Gasteiger partial charge in [-0.2, -0.15) is 0 Å². The van der Waals surface area contributed by atoms with Crippen molar-refractivity contribution >= 4 is 17.5 Å². The summed E-state index contributed by atoms with van der Waals surface area (Å²) >= 11 is 0. The van der Waals surface area contributed by atoms with Crippen molar-refractivity contribution in [2.45, 2.75) is 6.04 Å². The highest BCUT2D eigenvalue weighted by molar-refractivity contribution is 5.93. The van der Waals surface area contributed by atoms with Crippen molar-refractivity contribution < 1.29 is 9.59 Å². The highest BCUT2D eigenvalue weighted by atomic mass is 16.2. The second kappa shape index (κ2) is 6.53. The molecular formula is C14H21N5O2. The van der Waals surface area contributed by atoms with E-state index in [1.807, 2.05) is 11.0 Å². The van der Waals surface area contributed by atoms with E-state index in [1.165, 1.54) is 0 Å². The zero-order valence-electron chi connectivity index (χ0n) is 12.6. The molecule has 1 unspecified atom stereocenters. The fourth-order valence-corrected chi connectivity index (χ4v) is 2.38. The molecule has 7 nitrogen and oxygen atoms in total. The Bertz CT molecular complexity index is 532. The Hall–Kier alpha value is -2.15. The van der Waals surface area contributed by atoms with E-state index in [1.54, 1.807) is 38.3 Å². The van der Waals surface area contributed by atoms with Gasteiger partial charge in [0.25, 0.3) is 5.91 Å². The quantitative estimate of drug-likeness (QED) is 0.770. The molecule has 1 aromatic heterocycles. The number of aromatic nitrogens is 1. The Morgan fingerprint density at radius 2 is 2.24 bits per heavy atom. The summed E-state index contributed by atoms with van der Waals surface area (Å²) in [7, 11) is 5.06. The number of hydrogen-bond donors (Lipinski definition) is 2. The molecule has 0 saturated carbocycles. The third-order valence-electron chi connectivity index (χ3n) is 3.50. The second-order valence-corrected chi connectivity index (χ2v) is 5.12. The average Bonchev–Trinajstić information content (AvgIpc) is 2.53. The molecule has 1 aromatic rings. The molecule has 2 heterocycles. The molecule has 114 valence electrons. The Labute approximate surface area is 124 Å². The van der Waals surface area contributed by atoms with Gasteiger partial charge in [-0.15, -0.1) is 0 Å². The minimum absolute atomic E-state index is 0.0421. The molecule has 0 aliphatic carbocycles. The van der Waals surface area contributed by atoms with E-state index in [2.05, 4.69) is 15.6 Å². The number of amides is 2. The first kappa shape index (κ1) is 15.2. The van der Waals surface area contributed by atoms with Crippen LogP contribution in [0.25, 0.3) is 0 Å². The lowest BCUT2D eigenvalue weighted by Crippen LogP contribution is -2.57. The molecule has 2 N–H and O–H groups in total. The van der Waals surface area contributed by atoms with Crippen LogP contribution in [0.1, 0.15) is 10.5 Å². The van der Waals surface area contributed by atoms with Gasteiger partial charge in [0.2, 0.25) is 5.91 Å². The second-order valence-electron chi connectivity index (χ2n) is 5.12. The summed E-state index contributed by atoms with van der Waals surface area (Å²) in [6.07, 6.45) is 1.60. The number of hydrogen-bond acceptors (Lipinski definition) is 5. The SMILES string of the molecule is CNC(=O)c1cc(N2CCNCC2C(=O)N(C)C)ccn1. The van der Waals surface area contributed by atoms with Crippen molar-refractivity contribution in [2.24, 2.45) is 0 Å². The van der Waals surface area contributed by atoms with Crippen LogP contribution in [0.2, 0.25) is 0 Å². The van der Waals surface area contributed by atoms with Gasteiger partial charge in [0.15, 0.2) is 0 Å². The van der Waals surface area contributed by atoms with E-state index in [0.29, 0.717) is 18.8 Å². The van der Waals surface area contributed by atoms with Crippen molar-refractivity contribution in [1.29, 1.82) is 0 Å². The van der Waals surface area contributed by atoms with Crippen molar-refractivity contribution in [2.75, 3.05) is 45.7 Å². The van der Waals surface area contributed by atoms with Crippen LogP contribution in [0.5, 0.6) is 0 Å². The van der Waals surface area contributed by atoms with Gasteiger partial charge in [-0.1, -0.05) is 0 Å². The number of carbonyl (C=O) groups is 2. The lowest BCUT2D eigenvalue weighted by Gasteiger charge is -2.38.